The Morgan fingerprint density at radius 2 is 1.88 bits per heavy atom. The minimum atomic E-state index is -0.680. The maximum atomic E-state index is 10.1. The number of aliphatic hydroxyl groups excluding tert-OH is 1. The van der Waals surface area contributed by atoms with Crippen LogP contribution in [0.4, 0.5) is 0 Å². The van der Waals surface area contributed by atoms with Crippen LogP contribution in [0.25, 0.3) is 10.8 Å². The first-order valence-electron chi connectivity index (χ1n) is 5.50. The summed E-state index contributed by atoms with van der Waals surface area (Å²) in [7, 11) is 3.17. The predicted molar refractivity (Wildman–Crippen MR) is 67.3 cm³/mol. The van der Waals surface area contributed by atoms with Crippen LogP contribution in [0.2, 0.25) is 0 Å². The van der Waals surface area contributed by atoms with Gasteiger partial charge >= 0.3 is 0 Å². The summed E-state index contributed by atoms with van der Waals surface area (Å²) in [5.74, 6) is 0.688. The van der Waals surface area contributed by atoms with Crippen molar-refractivity contribution < 1.29 is 14.6 Å². The fraction of sp³-hybridized carbons (Fsp3) is 0.286. The first kappa shape index (κ1) is 11.9. The van der Waals surface area contributed by atoms with E-state index in [1.165, 1.54) is 0 Å². The third-order valence-corrected chi connectivity index (χ3v) is 2.81. The van der Waals surface area contributed by atoms with Gasteiger partial charge in [0.1, 0.15) is 11.9 Å². The zero-order valence-electron chi connectivity index (χ0n) is 10.0. The monoisotopic (exact) mass is 232 g/mol. The molecular formula is C14H16O3. The molecule has 0 aliphatic heterocycles. The minimum absolute atomic E-state index is 0.254. The van der Waals surface area contributed by atoms with E-state index in [0.29, 0.717) is 5.75 Å². The van der Waals surface area contributed by atoms with E-state index in [2.05, 4.69) is 0 Å². The van der Waals surface area contributed by atoms with Crippen LogP contribution in [-0.4, -0.2) is 25.9 Å². The third-order valence-electron chi connectivity index (χ3n) is 2.81. The van der Waals surface area contributed by atoms with Crippen LogP contribution >= 0.6 is 0 Å². The number of fused-ring (bicyclic) bond motifs is 1. The van der Waals surface area contributed by atoms with Crippen molar-refractivity contribution >= 4 is 10.8 Å². The van der Waals surface area contributed by atoms with E-state index in [4.69, 9.17) is 9.47 Å². The van der Waals surface area contributed by atoms with Gasteiger partial charge in [0.05, 0.1) is 13.7 Å². The predicted octanol–water partition coefficient (Wildman–Crippen LogP) is 2.53. The van der Waals surface area contributed by atoms with Crippen LogP contribution in [0.1, 0.15) is 11.7 Å². The van der Waals surface area contributed by atoms with Gasteiger partial charge in [0.2, 0.25) is 0 Å². The lowest BCUT2D eigenvalue weighted by atomic mass is 9.99. The molecule has 0 aliphatic rings. The summed E-state index contributed by atoms with van der Waals surface area (Å²) in [4.78, 5) is 0. The molecule has 3 nitrogen and oxygen atoms in total. The summed E-state index contributed by atoms with van der Waals surface area (Å²) in [6.45, 7) is 0.254. The zero-order valence-corrected chi connectivity index (χ0v) is 10.0. The van der Waals surface area contributed by atoms with Crippen molar-refractivity contribution in [2.24, 2.45) is 0 Å². The highest BCUT2D eigenvalue weighted by atomic mass is 16.5. The second kappa shape index (κ2) is 5.17. The molecule has 0 aromatic heterocycles. The van der Waals surface area contributed by atoms with Gasteiger partial charge in [0.15, 0.2) is 0 Å². The molecule has 1 atom stereocenters. The van der Waals surface area contributed by atoms with Gasteiger partial charge in [0, 0.05) is 12.7 Å². The van der Waals surface area contributed by atoms with Gasteiger partial charge in [-0.05, 0) is 16.8 Å². The number of benzene rings is 2. The second-order valence-electron chi connectivity index (χ2n) is 3.87. The van der Waals surface area contributed by atoms with E-state index < -0.39 is 6.10 Å². The fourth-order valence-corrected chi connectivity index (χ4v) is 2.04. The minimum Gasteiger partial charge on any atom is -0.496 e. The number of hydrogen-bond donors (Lipinski definition) is 1. The van der Waals surface area contributed by atoms with E-state index in [9.17, 15) is 5.11 Å². The molecule has 2 aromatic rings. The lowest BCUT2D eigenvalue weighted by Gasteiger charge is -2.16. The zero-order chi connectivity index (χ0) is 12.3. The molecule has 0 spiro atoms. The normalized spacial score (nSPS) is 12.6. The molecule has 0 bridgehead atoms. The maximum Gasteiger partial charge on any atom is 0.125 e. The van der Waals surface area contributed by atoms with Gasteiger partial charge in [-0.25, -0.2) is 0 Å². The fourth-order valence-electron chi connectivity index (χ4n) is 2.04. The van der Waals surface area contributed by atoms with Gasteiger partial charge in [0.25, 0.3) is 0 Å². The van der Waals surface area contributed by atoms with Crippen LogP contribution in [0.5, 0.6) is 5.75 Å². The van der Waals surface area contributed by atoms with Crippen molar-refractivity contribution in [2.75, 3.05) is 20.8 Å². The Morgan fingerprint density at radius 3 is 2.59 bits per heavy atom. The van der Waals surface area contributed by atoms with Crippen molar-refractivity contribution in [3.8, 4) is 5.75 Å². The molecular weight excluding hydrogens is 216 g/mol. The number of methoxy groups -OCH3 is 2. The van der Waals surface area contributed by atoms with Crippen LogP contribution in [0.3, 0.4) is 0 Å². The van der Waals surface area contributed by atoms with Crippen LogP contribution < -0.4 is 4.74 Å². The average molecular weight is 232 g/mol. The Kier molecular flexibility index (Phi) is 3.61. The molecule has 0 amide bonds. The molecule has 90 valence electrons. The molecule has 1 N–H and O–H groups in total. The summed E-state index contributed by atoms with van der Waals surface area (Å²) in [6, 6.07) is 11.8. The molecule has 3 heteroatoms. The Bertz CT molecular complexity index is 508. The first-order valence-corrected chi connectivity index (χ1v) is 5.50. The summed E-state index contributed by atoms with van der Waals surface area (Å²) in [5, 5.41) is 12.2. The summed E-state index contributed by atoms with van der Waals surface area (Å²) < 4.78 is 10.3. The molecule has 2 aromatic carbocycles. The lowest BCUT2D eigenvalue weighted by molar-refractivity contribution is 0.0637. The van der Waals surface area contributed by atoms with Crippen LogP contribution in [-0.2, 0) is 4.74 Å². The van der Waals surface area contributed by atoms with E-state index >= 15 is 0 Å². The molecule has 1 unspecified atom stereocenters. The van der Waals surface area contributed by atoms with Crippen molar-refractivity contribution in [3.63, 3.8) is 0 Å². The van der Waals surface area contributed by atoms with Crippen molar-refractivity contribution in [2.45, 2.75) is 6.10 Å². The molecule has 2 rings (SSSR count). The van der Waals surface area contributed by atoms with Crippen molar-refractivity contribution in [1.29, 1.82) is 0 Å². The van der Waals surface area contributed by atoms with Gasteiger partial charge < -0.3 is 14.6 Å². The highest BCUT2D eigenvalue weighted by molar-refractivity contribution is 5.88. The molecule has 0 saturated carbocycles. The molecule has 17 heavy (non-hydrogen) atoms. The topological polar surface area (TPSA) is 38.7 Å². The van der Waals surface area contributed by atoms with E-state index in [-0.39, 0.29) is 6.61 Å². The number of hydrogen-bond acceptors (Lipinski definition) is 3. The molecule has 0 fully saturated rings. The van der Waals surface area contributed by atoms with Gasteiger partial charge in [-0.15, -0.1) is 0 Å². The quantitative estimate of drug-likeness (QED) is 0.880. The highest BCUT2D eigenvalue weighted by Gasteiger charge is 2.16. The van der Waals surface area contributed by atoms with Gasteiger partial charge in [-0.2, -0.15) is 0 Å². The SMILES string of the molecule is COCC(O)c1c(OC)ccc2ccccc12. The maximum absolute atomic E-state index is 10.1. The molecule has 0 radical (unpaired) electrons. The Hall–Kier alpha value is -1.58. The standard InChI is InChI=1S/C14H16O3/c1-16-9-12(15)14-11-6-4-3-5-10(11)7-8-13(14)17-2/h3-8,12,15H,9H2,1-2H3. The summed E-state index contributed by atoms with van der Waals surface area (Å²) >= 11 is 0. The van der Waals surface area contributed by atoms with E-state index in [0.717, 1.165) is 16.3 Å². The van der Waals surface area contributed by atoms with Crippen molar-refractivity contribution in [3.05, 3.63) is 42.0 Å². The highest BCUT2D eigenvalue weighted by Crippen LogP contribution is 2.33. The number of ether oxygens (including phenoxy) is 2. The molecule has 0 saturated heterocycles. The Labute approximate surface area is 101 Å². The first-order chi connectivity index (χ1) is 8.27. The number of rotatable bonds is 4. The lowest BCUT2D eigenvalue weighted by Crippen LogP contribution is -2.07. The average Bonchev–Trinajstić information content (AvgIpc) is 2.37. The molecule has 0 heterocycles. The van der Waals surface area contributed by atoms with Gasteiger partial charge in [-0.3, -0.25) is 0 Å². The van der Waals surface area contributed by atoms with Crippen LogP contribution in [0, 0.1) is 0 Å². The third kappa shape index (κ3) is 2.25. The van der Waals surface area contributed by atoms with E-state index in [1.807, 2.05) is 36.4 Å². The Morgan fingerprint density at radius 1 is 1.12 bits per heavy atom. The van der Waals surface area contributed by atoms with E-state index in [1.54, 1.807) is 14.2 Å². The Balaban J connectivity index is 2.62. The summed E-state index contributed by atoms with van der Waals surface area (Å²) in [5.41, 5.74) is 0.785. The summed E-state index contributed by atoms with van der Waals surface area (Å²) in [6.07, 6.45) is -0.680. The number of aliphatic hydroxyl groups is 1. The van der Waals surface area contributed by atoms with Crippen LogP contribution in [0.15, 0.2) is 36.4 Å². The molecule has 0 aliphatic carbocycles. The smallest absolute Gasteiger partial charge is 0.125 e. The second-order valence-corrected chi connectivity index (χ2v) is 3.87. The van der Waals surface area contributed by atoms with Gasteiger partial charge in [-0.1, -0.05) is 30.3 Å². The largest absolute Gasteiger partial charge is 0.496 e. The van der Waals surface area contributed by atoms with Crippen molar-refractivity contribution in [1.82, 2.24) is 0 Å².